The number of hydrogen-bond donors (Lipinski definition) is 1. The van der Waals surface area contributed by atoms with Crippen molar-refractivity contribution in [2.24, 2.45) is 0 Å². The molecular formula is C11H14O4. The van der Waals surface area contributed by atoms with Gasteiger partial charge in [0.2, 0.25) is 0 Å². The number of rotatable bonds is 4. The minimum Gasteiger partial charge on any atom is -0.498 e. The summed E-state index contributed by atoms with van der Waals surface area (Å²) in [4.78, 5) is 10.3. The van der Waals surface area contributed by atoms with Crippen molar-refractivity contribution in [1.82, 2.24) is 0 Å². The molecule has 0 aromatic carbocycles. The number of allylic oxidation sites excluding steroid dienone is 3. The van der Waals surface area contributed by atoms with E-state index in [9.17, 15) is 4.79 Å². The second kappa shape index (κ2) is 5.36. The Morgan fingerprint density at radius 3 is 2.87 bits per heavy atom. The van der Waals surface area contributed by atoms with E-state index >= 15 is 0 Å². The lowest BCUT2D eigenvalue weighted by molar-refractivity contribution is -0.131. The predicted octanol–water partition coefficient (Wildman–Crippen LogP) is 1.50. The molecule has 0 fully saturated rings. The Morgan fingerprint density at radius 2 is 2.33 bits per heavy atom. The zero-order chi connectivity index (χ0) is 11.3. The molecule has 0 aliphatic heterocycles. The zero-order valence-electron chi connectivity index (χ0n) is 8.77. The summed E-state index contributed by atoms with van der Waals surface area (Å²) in [5.41, 5.74) is 0.822. The summed E-state index contributed by atoms with van der Waals surface area (Å²) >= 11 is 0. The average molecular weight is 210 g/mol. The first-order valence-electron chi connectivity index (χ1n) is 4.57. The molecule has 1 aliphatic carbocycles. The van der Waals surface area contributed by atoms with E-state index in [2.05, 4.69) is 0 Å². The first-order chi connectivity index (χ1) is 7.17. The topological polar surface area (TPSA) is 55.8 Å². The van der Waals surface area contributed by atoms with Crippen LogP contribution in [-0.4, -0.2) is 31.4 Å². The van der Waals surface area contributed by atoms with Crippen molar-refractivity contribution >= 4 is 5.97 Å². The quantitative estimate of drug-likeness (QED) is 0.714. The van der Waals surface area contributed by atoms with Crippen LogP contribution >= 0.6 is 0 Å². The number of carboxylic acids is 1. The van der Waals surface area contributed by atoms with Gasteiger partial charge in [-0.3, -0.25) is 0 Å². The molecule has 0 aromatic heterocycles. The molecule has 1 N–H and O–H groups in total. The van der Waals surface area contributed by atoms with E-state index in [0.717, 1.165) is 11.6 Å². The smallest absolute Gasteiger partial charge is 0.328 e. The maximum absolute atomic E-state index is 10.3. The van der Waals surface area contributed by atoms with Crippen LogP contribution in [0.2, 0.25) is 0 Å². The van der Waals surface area contributed by atoms with Crippen molar-refractivity contribution in [3.05, 3.63) is 35.6 Å². The van der Waals surface area contributed by atoms with Gasteiger partial charge in [0.15, 0.2) is 0 Å². The number of ether oxygens (including phenoxy) is 2. The first-order valence-corrected chi connectivity index (χ1v) is 4.57. The molecule has 0 bridgehead atoms. The van der Waals surface area contributed by atoms with E-state index in [1.807, 2.05) is 6.08 Å². The van der Waals surface area contributed by atoms with Gasteiger partial charge in [-0.25, -0.2) is 4.79 Å². The van der Waals surface area contributed by atoms with E-state index in [1.54, 1.807) is 20.3 Å². The van der Waals surface area contributed by atoms with E-state index in [-0.39, 0.29) is 6.10 Å². The number of hydrogen-bond acceptors (Lipinski definition) is 3. The van der Waals surface area contributed by atoms with Crippen LogP contribution in [0.25, 0.3) is 0 Å². The fourth-order valence-corrected chi connectivity index (χ4v) is 1.36. The molecule has 15 heavy (non-hydrogen) atoms. The van der Waals surface area contributed by atoms with Gasteiger partial charge < -0.3 is 14.6 Å². The fourth-order valence-electron chi connectivity index (χ4n) is 1.36. The molecule has 1 rings (SSSR count). The Labute approximate surface area is 88.5 Å². The van der Waals surface area contributed by atoms with Crippen LogP contribution in [0.1, 0.15) is 6.42 Å². The lowest BCUT2D eigenvalue weighted by Gasteiger charge is -2.20. The molecule has 4 heteroatoms. The first kappa shape index (κ1) is 11.5. The number of methoxy groups -OCH3 is 2. The maximum Gasteiger partial charge on any atom is 0.328 e. The van der Waals surface area contributed by atoms with Crippen LogP contribution in [0, 0.1) is 0 Å². The SMILES string of the molecule is COC1=CC(/C=C/C(=O)O)=CCC1OC. The highest BCUT2D eigenvalue weighted by atomic mass is 16.5. The molecule has 82 valence electrons. The molecule has 0 heterocycles. The Balaban J connectivity index is 2.75. The molecule has 0 saturated heterocycles. The highest BCUT2D eigenvalue weighted by molar-refractivity contribution is 5.80. The Bertz CT molecular complexity index is 325. The number of carbonyl (C=O) groups is 1. The van der Waals surface area contributed by atoms with Crippen molar-refractivity contribution in [3.8, 4) is 0 Å². The Kier molecular flexibility index (Phi) is 4.12. The van der Waals surface area contributed by atoms with E-state index in [4.69, 9.17) is 14.6 Å². The maximum atomic E-state index is 10.3. The summed E-state index contributed by atoms with van der Waals surface area (Å²) in [5, 5.41) is 8.47. The van der Waals surface area contributed by atoms with Crippen molar-refractivity contribution in [1.29, 1.82) is 0 Å². The largest absolute Gasteiger partial charge is 0.498 e. The molecular weight excluding hydrogens is 196 g/mol. The van der Waals surface area contributed by atoms with E-state index in [0.29, 0.717) is 12.2 Å². The van der Waals surface area contributed by atoms with Gasteiger partial charge in [-0.05, 0) is 24.1 Å². The third-order valence-electron chi connectivity index (χ3n) is 2.13. The minimum atomic E-state index is -0.961. The highest BCUT2D eigenvalue weighted by Crippen LogP contribution is 2.21. The minimum absolute atomic E-state index is 0.0722. The zero-order valence-corrected chi connectivity index (χ0v) is 8.77. The third kappa shape index (κ3) is 3.25. The fraction of sp³-hybridized carbons (Fsp3) is 0.364. The normalized spacial score (nSPS) is 21.1. The van der Waals surface area contributed by atoms with Gasteiger partial charge >= 0.3 is 5.97 Å². The standard InChI is InChI=1S/C11H14O4/c1-14-9-5-3-8(4-6-11(12)13)7-10(9)15-2/h3-4,6-7,9H,5H2,1-2H3,(H,12,13)/b6-4+. The summed E-state index contributed by atoms with van der Waals surface area (Å²) in [7, 11) is 3.19. The van der Waals surface area contributed by atoms with Gasteiger partial charge in [-0.2, -0.15) is 0 Å². The van der Waals surface area contributed by atoms with Gasteiger partial charge in [-0.1, -0.05) is 6.08 Å². The summed E-state index contributed by atoms with van der Waals surface area (Å²) in [6.45, 7) is 0. The number of carboxylic acid groups (broad SMARTS) is 1. The molecule has 0 amide bonds. The molecule has 1 aliphatic rings. The Hall–Kier alpha value is -1.55. The van der Waals surface area contributed by atoms with Crippen LogP contribution in [-0.2, 0) is 14.3 Å². The van der Waals surface area contributed by atoms with Crippen LogP contribution in [0.5, 0.6) is 0 Å². The molecule has 0 spiro atoms. The van der Waals surface area contributed by atoms with Gasteiger partial charge in [0.05, 0.1) is 7.11 Å². The molecule has 1 unspecified atom stereocenters. The van der Waals surface area contributed by atoms with Crippen LogP contribution in [0.15, 0.2) is 35.6 Å². The average Bonchev–Trinajstić information content (AvgIpc) is 2.25. The van der Waals surface area contributed by atoms with Crippen molar-refractivity contribution in [2.75, 3.05) is 14.2 Å². The summed E-state index contributed by atoms with van der Waals surface area (Å²) in [6.07, 6.45) is 6.94. The molecule has 4 nitrogen and oxygen atoms in total. The second-order valence-corrected chi connectivity index (χ2v) is 3.09. The van der Waals surface area contributed by atoms with Crippen molar-refractivity contribution in [3.63, 3.8) is 0 Å². The van der Waals surface area contributed by atoms with Crippen LogP contribution < -0.4 is 0 Å². The molecule has 1 atom stereocenters. The molecule has 0 aromatic rings. The van der Waals surface area contributed by atoms with Gasteiger partial charge in [0.1, 0.15) is 11.9 Å². The molecule has 0 saturated carbocycles. The summed E-state index contributed by atoms with van der Waals surface area (Å²) in [5.74, 6) is -0.248. The van der Waals surface area contributed by atoms with Gasteiger partial charge in [-0.15, -0.1) is 0 Å². The van der Waals surface area contributed by atoms with Crippen LogP contribution in [0.3, 0.4) is 0 Å². The summed E-state index contributed by atoms with van der Waals surface area (Å²) < 4.78 is 10.3. The van der Waals surface area contributed by atoms with Crippen molar-refractivity contribution < 1.29 is 19.4 Å². The van der Waals surface area contributed by atoms with Crippen molar-refractivity contribution in [2.45, 2.75) is 12.5 Å². The predicted molar refractivity (Wildman–Crippen MR) is 55.4 cm³/mol. The van der Waals surface area contributed by atoms with Crippen LogP contribution in [0.4, 0.5) is 0 Å². The van der Waals surface area contributed by atoms with E-state index < -0.39 is 5.97 Å². The van der Waals surface area contributed by atoms with Gasteiger partial charge in [0, 0.05) is 13.2 Å². The highest BCUT2D eigenvalue weighted by Gasteiger charge is 2.16. The lowest BCUT2D eigenvalue weighted by Crippen LogP contribution is -2.17. The third-order valence-corrected chi connectivity index (χ3v) is 2.13. The van der Waals surface area contributed by atoms with E-state index in [1.165, 1.54) is 6.08 Å². The Morgan fingerprint density at radius 1 is 1.60 bits per heavy atom. The lowest BCUT2D eigenvalue weighted by atomic mass is 10.0. The second-order valence-electron chi connectivity index (χ2n) is 3.09. The number of aliphatic carboxylic acids is 1. The summed E-state index contributed by atoms with van der Waals surface area (Å²) in [6, 6.07) is 0. The monoisotopic (exact) mass is 210 g/mol. The van der Waals surface area contributed by atoms with Gasteiger partial charge in [0.25, 0.3) is 0 Å². The molecule has 0 radical (unpaired) electrons.